The molecule has 0 aliphatic carbocycles. The average Bonchev–Trinajstić information content (AvgIpc) is 2.98. The van der Waals surface area contributed by atoms with Crippen molar-refractivity contribution in [3.8, 4) is 0 Å². The van der Waals surface area contributed by atoms with E-state index in [0.29, 0.717) is 17.6 Å². The highest BCUT2D eigenvalue weighted by Gasteiger charge is 2.30. The van der Waals surface area contributed by atoms with Gasteiger partial charge >= 0.3 is 6.18 Å². The summed E-state index contributed by atoms with van der Waals surface area (Å²) in [6.45, 7) is -0.161. The number of alkyl halides is 3. The van der Waals surface area contributed by atoms with Gasteiger partial charge in [0.15, 0.2) is 0 Å². The Kier molecular flexibility index (Phi) is 4.64. The third-order valence-corrected chi connectivity index (χ3v) is 3.05. The van der Waals surface area contributed by atoms with Gasteiger partial charge in [-0.3, -0.25) is 9.48 Å². The monoisotopic (exact) mass is 291 g/mol. The molecule has 1 unspecified atom stereocenters. The summed E-state index contributed by atoms with van der Waals surface area (Å²) in [6, 6.07) is 1.27. The Morgan fingerprint density at radius 1 is 1.55 bits per heavy atom. The third-order valence-electron chi connectivity index (χ3n) is 3.05. The molecular formula is C12H16F3N3O2. The fourth-order valence-electron chi connectivity index (χ4n) is 2.13. The normalized spacial score (nSPS) is 19.2. The molecule has 0 aromatic carbocycles. The van der Waals surface area contributed by atoms with E-state index in [0.717, 1.165) is 19.4 Å². The van der Waals surface area contributed by atoms with Crippen LogP contribution in [0.15, 0.2) is 12.3 Å². The van der Waals surface area contributed by atoms with Gasteiger partial charge in [-0.05, 0) is 25.3 Å². The maximum absolute atomic E-state index is 12.3. The van der Waals surface area contributed by atoms with Gasteiger partial charge in [0.25, 0.3) is 5.91 Å². The van der Waals surface area contributed by atoms with Crippen LogP contribution < -0.4 is 5.32 Å². The number of hydrogen-bond acceptors (Lipinski definition) is 3. The van der Waals surface area contributed by atoms with Crippen molar-refractivity contribution in [2.75, 3.05) is 13.2 Å². The number of carbonyl (C=O) groups is 1. The second-order valence-corrected chi connectivity index (χ2v) is 4.67. The molecule has 1 saturated heterocycles. The van der Waals surface area contributed by atoms with Gasteiger partial charge in [0, 0.05) is 19.3 Å². The Morgan fingerprint density at radius 3 is 3.00 bits per heavy atom. The molecule has 1 N–H and O–H groups in total. The molecule has 2 heterocycles. The Balaban J connectivity index is 1.84. The standard InChI is InChI=1S/C12H16F3N3O2/c13-12(14,15)8-18-10(4-6-17-18)11(19)16-5-3-9-2-1-7-20-9/h4,6,9H,1-3,5,7-8H2,(H,16,19). The molecule has 1 aliphatic heterocycles. The van der Waals surface area contributed by atoms with E-state index in [2.05, 4.69) is 10.4 Å². The highest BCUT2D eigenvalue weighted by atomic mass is 19.4. The molecule has 2 rings (SSSR count). The van der Waals surface area contributed by atoms with E-state index in [1.54, 1.807) is 0 Å². The fourth-order valence-corrected chi connectivity index (χ4v) is 2.13. The van der Waals surface area contributed by atoms with Crippen LogP contribution in [0, 0.1) is 0 Å². The summed E-state index contributed by atoms with van der Waals surface area (Å²) < 4.78 is 43.0. The lowest BCUT2D eigenvalue weighted by molar-refractivity contribution is -0.142. The second-order valence-electron chi connectivity index (χ2n) is 4.67. The highest BCUT2D eigenvalue weighted by molar-refractivity contribution is 5.92. The van der Waals surface area contributed by atoms with Gasteiger partial charge in [0.1, 0.15) is 12.2 Å². The summed E-state index contributed by atoms with van der Waals surface area (Å²) in [5, 5.41) is 6.11. The molecule has 0 spiro atoms. The quantitative estimate of drug-likeness (QED) is 0.899. The zero-order valence-corrected chi connectivity index (χ0v) is 10.8. The molecule has 1 aliphatic rings. The van der Waals surface area contributed by atoms with E-state index in [-0.39, 0.29) is 11.8 Å². The molecule has 112 valence electrons. The van der Waals surface area contributed by atoms with E-state index >= 15 is 0 Å². The van der Waals surface area contributed by atoms with E-state index in [1.807, 2.05) is 0 Å². The number of amides is 1. The second kappa shape index (κ2) is 6.25. The number of nitrogens with one attached hydrogen (secondary N) is 1. The van der Waals surface area contributed by atoms with E-state index in [4.69, 9.17) is 4.74 Å². The topological polar surface area (TPSA) is 56.1 Å². The van der Waals surface area contributed by atoms with Crippen LogP contribution in [0.4, 0.5) is 13.2 Å². The van der Waals surface area contributed by atoms with Crippen LogP contribution in [0.3, 0.4) is 0 Å². The SMILES string of the molecule is O=C(NCCC1CCCO1)c1ccnn1CC(F)(F)F. The first-order chi connectivity index (χ1) is 9.46. The van der Waals surface area contributed by atoms with Crippen molar-refractivity contribution in [2.24, 2.45) is 0 Å². The van der Waals surface area contributed by atoms with Crippen molar-refractivity contribution in [1.82, 2.24) is 15.1 Å². The molecule has 0 radical (unpaired) electrons. The average molecular weight is 291 g/mol. The Hall–Kier alpha value is -1.57. The van der Waals surface area contributed by atoms with Crippen LogP contribution in [0.2, 0.25) is 0 Å². The first-order valence-corrected chi connectivity index (χ1v) is 6.44. The van der Waals surface area contributed by atoms with Crippen LogP contribution in [0.5, 0.6) is 0 Å². The van der Waals surface area contributed by atoms with Crippen LogP contribution in [0.1, 0.15) is 29.8 Å². The molecule has 20 heavy (non-hydrogen) atoms. The third kappa shape index (κ3) is 4.22. The predicted molar refractivity (Wildman–Crippen MR) is 64.2 cm³/mol. The molecule has 0 saturated carbocycles. The molecule has 5 nitrogen and oxygen atoms in total. The van der Waals surface area contributed by atoms with Crippen LogP contribution in [0.25, 0.3) is 0 Å². The number of nitrogens with zero attached hydrogens (tertiary/aromatic N) is 2. The fraction of sp³-hybridized carbons (Fsp3) is 0.667. The number of rotatable bonds is 5. The minimum atomic E-state index is -4.40. The van der Waals surface area contributed by atoms with E-state index < -0.39 is 18.6 Å². The molecule has 1 aromatic heterocycles. The largest absolute Gasteiger partial charge is 0.408 e. The molecule has 1 aromatic rings. The number of halogens is 3. The number of aromatic nitrogens is 2. The lowest BCUT2D eigenvalue weighted by Crippen LogP contribution is -2.30. The van der Waals surface area contributed by atoms with Crippen molar-refractivity contribution >= 4 is 5.91 Å². The number of carbonyl (C=O) groups excluding carboxylic acids is 1. The highest BCUT2D eigenvalue weighted by Crippen LogP contribution is 2.18. The molecule has 1 amide bonds. The molecule has 1 atom stereocenters. The molecular weight excluding hydrogens is 275 g/mol. The van der Waals surface area contributed by atoms with Gasteiger partial charge in [-0.1, -0.05) is 0 Å². The van der Waals surface area contributed by atoms with Crippen molar-refractivity contribution in [3.05, 3.63) is 18.0 Å². The number of hydrogen-bond donors (Lipinski definition) is 1. The zero-order chi connectivity index (χ0) is 14.6. The van der Waals surface area contributed by atoms with E-state index in [1.165, 1.54) is 12.3 Å². The first kappa shape index (κ1) is 14.8. The van der Waals surface area contributed by atoms with Gasteiger partial charge in [-0.2, -0.15) is 18.3 Å². The van der Waals surface area contributed by atoms with Crippen LogP contribution in [-0.4, -0.2) is 41.1 Å². The zero-order valence-electron chi connectivity index (χ0n) is 10.8. The summed E-state index contributed by atoms with van der Waals surface area (Å²) in [7, 11) is 0. The minimum absolute atomic E-state index is 0.0883. The summed E-state index contributed by atoms with van der Waals surface area (Å²) in [5.41, 5.74) is -0.0883. The summed E-state index contributed by atoms with van der Waals surface area (Å²) in [5.74, 6) is -0.551. The summed E-state index contributed by atoms with van der Waals surface area (Å²) >= 11 is 0. The van der Waals surface area contributed by atoms with Gasteiger partial charge in [0.2, 0.25) is 0 Å². The Labute approximate surface area is 114 Å². The maximum atomic E-state index is 12.3. The van der Waals surface area contributed by atoms with Crippen molar-refractivity contribution in [1.29, 1.82) is 0 Å². The van der Waals surface area contributed by atoms with E-state index in [9.17, 15) is 18.0 Å². The summed E-state index contributed by atoms with van der Waals surface area (Å²) in [6.07, 6.45) is -0.451. The Morgan fingerprint density at radius 2 is 2.35 bits per heavy atom. The van der Waals surface area contributed by atoms with Crippen LogP contribution >= 0.6 is 0 Å². The van der Waals surface area contributed by atoms with Gasteiger partial charge in [0.05, 0.1) is 6.10 Å². The molecule has 8 heteroatoms. The van der Waals surface area contributed by atoms with Crippen molar-refractivity contribution < 1.29 is 22.7 Å². The lowest BCUT2D eigenvalue weighted by atomic mass is 10.2. The summed E-state index contributed by atoms with van der Waals surface area (Å²) in [4.78, 5) is 11.8. The minimum Gasteiger partial charge on any atom is -0.378 e. The van der Waals surface area contributed by atoms with Crippen molar-refractivity contribution in [2.45, 2.75) is 38.1 Å². The maximum Gasteiger partial charge on any atom is 0.408 e. The number of ether oxygens (including phenoxy) is 1. The molecule has 1 fully saturated rings. The molecule has 0 bridgehead atoms. The van der Waals surface area contributed by atoms with Gasteiger partial charge in [-0.25, -0.2) is 0 Å². The van der Waals surface area contributed by atoms with Gasteiger partial charge < -0.3 is 10.1 Å². The van der Waals surface area contributed by atoms with Crippen molar-refractivity contribution in [3.63, 3.8) is 0 Å². The smallest absolute Gasteiger partial charge is 0.378 e. The lowest BCUT2D eigenvalue weighted by Gasteiger charge is -2.12. The predicted octanol–water partition coefficient (Wildman–Crippen LogP) is 1.74. The van der Waals surface area contributed by atoms with Crippen LogP contribution in [-0.2, 0) is 11.3 Å². The first-order valence-electron chi connectivity index (χ1n) is 6.44. The van der Waals surface area contributed by atoms with Gasteiger partial charge in [-0.15, -0.1) is 0 Å². The Bertz CT molecular complexity index is 453.